The SMILES string of the molecule is Nc1cccc([N+](=O)[O-])c1N.O=[N+]([O-])c1cccc2n[nH]nc12. The standard InChI is InChI=1S/C6H4N4O2.C6H7N3O2/c11-10(12)5-3-1-2-4-6(5)8-9-7-4;7-4-2-1-3-5(6(4)8)9(10)11/h1-3H,(H,7,8,9);1-3H,7-8H2. The first-order chi connectivity index (χ1) is 10.9. The van der Waals surface area contributed by atoms with Crippen molar-refractivity contribution >= 4 is 33.8 Å². The Morgan fingerprint density at radius 3 is 2.13 bits per heavy atom. The largest absolute Gasteiger partial charge is 0.397 e. The fourth-order valence-corrected chi connectivity index (χ4v) is 1.73. The fraction of sp³-hybridized carbons (Fsp3) is 0. The zero-order valence-electron chi connectivity index (χ0n) is 11.5. The molecule has 118 valence electrons. The van der Waals surface area contributed by atoms with Crippen LogP contribution in [0.3, 0.4) is 0 Å². The predicted molar refractivity (Wildman–Crippen MR) is 82.5 cm³/mol. The third-order valence-corrected chi connectivity index (χ3v) is 2.84. The number of hydrogen-bond donors (Lipinski definition) is 3. The lowest BCUT2D eigenvalue weighted by Gasteiger charge is -1.98. The molecule has 11 heteroatoms. The van der Waals surface area contributed by atoms with Gasteiger partial charge in [0.2, 0.25) is 0 Å². The second kappa shape index (κ2) is 6.34. The van der Waals surface area contributed by atoms with Crippen molar-refractivity contribution in [3.63, 3.8) is 0 Å². The number of nitrogens with zero attached hydrogens (tertiary/aromatic N) is 4. The lowest BCUT2D eigenvalue weighted by Crippen LogP contribution is -1.99. The molecule has 0 aliphatic carbocycles. The summed E-state index contributed by atoms with van der Waals surface area (Å²) in [6, 6.07) is 8.94. The molecule has 0 radical (unpaired) electrons. The van der Waals surface area contributed by atoms with Crippen LogP contribution in [0.1, 0.15) is 0 Å². The van der Waals surface area contributed by atoms with Gasteiger partial charge in [0.1, 0.15) is 11.2 Å². The quantitative estimate of drug-likeness (QED) is 0.362. The third-order valence-electron chi connectivity index (χ3n) is 2.84. The van der Waals surface area contributed by atoms with Gasteiger partial charge in [-0.2, -0.15) is 10.3 Å². The van der Waals surface area contributed by atoms with E-state index in [0.717, 1.165) is 0 Å². The number of H-pyrrole nitrogens is 1. The van der Waals surface area contributed by atoms with Gasteiger partial charge in [-0.25, -0.2) is 0 Å². The second-order valence-corrected chi connectivity index (χ2v) is 4.26. The Hall–Kier alpha value is -3.76. The van der Waals surface area contributed by atoms with E-state index in [-0.39, 0.29) is 22.7 Å². The summed E-state index contributed by atoms with van der Waals surface area (Å²) in [6.45, 7) is 0. The normalized spacial score (nSPS) is 9.91. The molecule has 3 aromatic rings. The molecule has 0 atom stereocenters. The molecule has 2 aromatic carbocycles. The number of fused-ring (bicyclic) bond motifs is 1. The van der Waals surface area contributed by atoms with Crippen molar-refractivity contribution in [3.05, 3.63) is 56.6 Å². The number of nitro benzene ring substituents is 2. The van der Waals surface area contributed by atoms with Crippen molar-refractivity contribution in [1.82, 2.24) is 15.4 Å². The van der Waals surface area contributed by atoms with Crippen molar-refractivity contribution in [3.8, 4) is 0 Å². The number of non-ortho nitro benzene ring substituents is 1. The summed E-state index contributed by atoms with van der Waals surface area (Å²) in [4.78, 5) is 19.6. The van der Waals surface area contributed by atoms with Crippen LogP contribution >= 0.6 is 0 Å². The van der Waals surface area contributed by atoms with Crippen molar-refractivity contribution in [2.75, 3.05) is 11.5 Å². The van der Waals surface area contributed by atoms with Gasteiger partial charge in [0, 0.05) is 12.1 Å². The number of nitrogen functional groups attached to an aromatic ring is 2. The summed E-state index contributed by atoms with van der Waals surface area (Å²) >= 11 is 0. The van der Waals surface area contributed by atoms with Gasteiger partial charge < -0.3 is 11.5 Å². The Labute approximate surface area is 128 Å². The summed E-state index contributed by atoms with van der Waals surface area (Å²) in [5, 5.41) is 30.4. The van der Waals surface area contributed by atoms with Gasteiger partial charge >= 0.3 is 0 Å². The van der Waals surface area contributed by atoms with Crippen LogP contribution in [0.5, 0.6) is 0 Å². The van der Waals surface area contributed by atoms with Crippen LogP contribution in [0.2, 0.25) is 0 Å². The molecule has 1 aromatic heterocycles. The van der Waals surface area contributed by atoms with E-state index in [9.17, 15) is 20.2 Å². The zero-order chi connectivity index (χ0) is 17.0. The maximum Gasteiger partial charge on any atom is 0.299 e. The highest BCUT2D eigenvalue weighted by Crippen LogP contribution is 2.25. The number of nitro groups is 2. The summed E-state index contributed by atoms with van der Waals surface area (Å²) in [5.74, 6) is 0. The molecule has 1 heterocycles. The minimum absolute atomic E-state index is 0.0255. The highest BCUT2D eigenvalue weighted by molar-refractivity contribution is 5.83. The molecule has 23 heavy (non-hydrogen) atoms. The summed E-state index contributed by atoms with van der Waals surface area (Å²) in [7, 11) is 0. The van der Waals surface area contributed by atoms with Gasteiger partial charge in [-0.3, -0.25) is 20.2 Å². The van der Waals surface area contributed by atoms with Crippen molar-refractivity contribution < 1.29 is 9.85 Å². The maximum absolute atomic E-state index is 10.4. The number of para-hydroxylation sites is 2. The van der Waals surface area contributed by atoms with E-state index in [2.05, 4.69) is 15.4 Å². The first-order valence-corrected chi connectivity index (χ1v) is 6.14. The molecule has 0 saturated carbocycles. The average Bonchev–Trinajstić information content (AvgIpc) is 2.98. The summed E-state index contributed by atoms with van der Waals surface area (Å²) in [6.07, 6.45) is 0. The van der Waals surface area contributed by atoms with Crippen LogP contribution in [-0.2, 0) is 0 Å². The Balaban J connectivity index is 0.000000168. The number of anilines is 2. The van der Waals surface area contributed by atoms with Gasteiger partial charge in [-0.05, 0) is 12.1 Å². The lowest BCUT2D eigenvalue weighted by molar-refractivity contribution is -0.383. The smallest absolute Gasteiger partial charge is 0.299 e. The zero-order valence-corrected chi connectivity index (χ0v) is 11.5. The van der Waals surface area contributed by atoms with Crippen LogP contribution in [0.15, 0.2) is 36.4 Å². The average molecular weight is 317 g/mol. The van der Waals surface area contributed by atoms with Crippen LogP contribution in [0, 0.1) is 20.2 Å². The summed E-state index contributed by atoms with van der Waals surface area (Å²) < 4.78 is 0. The van der Waals surface area contributed by atoms with E-state index in [1.165, 1.54) is 24.3 Å². The molecule has 0 bridgehead atoms. The van der Waals surface area contributed by atoms with E-state index in [1.807, 2.05) is 0 Å². The van der Waals surface area contributed by atoms with E-state index >= 15 is 0 Å². The van der Waals surface area contributed by atoms with Crippen LogP contribution in [0.4, 0.5) is 22.7 Å². The molecular weight excluding hydrogens is 306 g/mol. The minimum atomic E-state index is -0.564. The van der Waals surface area contributed by atoms with Gasteiger partial charge in [-0.15, -0.1) is 5.10 Å². The Morgan fingerprint density at radius 2 is 1.52 bits per heavy atom. The molecule has 0 saturated heterocycles. The van der Waals surface area contributed by atoms with E-state index in [0.29, 0.717) is 11.0 Å². The highest BCUT2D eigenvalue weighted by atomic mass is 16.6. The molecule has 5 N–H and O–H groups in total. The van der Waals surface area contributed by atoms with E-state index < -0.39 is 9.85 Å². The monoisotopic (exact) mass is 317 g/mol. The Bertz CT molecular complexity index is 877. The van der Waals surface area contributed by atoms with E-state index in [1.54, 1.807) is 12.1 Å². The number of hydrogen-bond acceptors (Lipinski definition) is 8. The van der Waals surface area contributed by atoms with Crippen LogP contribution < -0.4 is 11.5 Å². The topological polar surface area (TPSA) is 180 Å². The minimum Gasteiger partial charge on any atom is -0.397 e. The van der Waals surface area contributed by atoms with Crippen LogP contribution in [-0.4, -0.2) is 25.3 Å². The fourth-order valence-electron chi connectivity index (χ4n) is 1.73. The van der Waals surface area contributed by atoms with Gasteiger partial charge in [0.25, 0.3) is 11.4 Å². The highest BCUT2D eigenvalue weighted by Gasteiger charge is 2.13. The molecule has 0 unspecified atom stereocenters. The van der Waals surface area contributed by atoms with Crippen molar-refractivity contribution in [2.24, 2.45) is 0 Å². The number of nitrogens with two attached hydrogens (primary N) is 2. The van der Waals surface area contributed by atoms with Crippen LogP contribution in [0.25, 0.3) is 11.0 Å². The first kappa shape index (κ1) is 15.6. The number of rotatable bonds is 2. The van der Waals surface area contributed by atoms with E-state index in [4.69, 9.17) is 11.5 Å². The Morgan fingerprint density at radius 1 is 0.913 bits per heavy atom. The third kappa shape index (κ3) is 3.29. The number of aromatic nitrogens is 3. The predicted octanol–water partition coefficient (Wildman–Crippen LogP) is 1.63. The maximum atomic E-state index is 10.4. The van der Waals surface area contributed by atoms with Crippen molar-refractivity contribution in [1.29, 1.82) is 0 Å². The molecule has 3 rings (SSSR count). The summed E-state index contributed by atoms with van der Waals surface area (Å²) in [5.41, 5.74) is 11.5. The number of nitrogens with one attached hydrogen (secondary N) is 1. The van der Waals surface area contributed by atoms with Gasteiger partial charge in [-0.1, -0.05) is 12.1 Å². The molecule has 0 amide bonds. The molecule has 0 spiro atoms. The number of aromatic amines is 1. The molecular formula is C12H11N7O4. The second-order valence-electron chi connectivity index (χ2n) is 4.26. The number of benzene rings is 2. The molecule has 0 fully saturated rings. The molecule has 0 aliphatic heterocycles. The van der Waals surface area contributed by atoms with Gasteiger partial charge in [0.05, 0.1) is 15.5 Å². The Kier molecular flexibility index (Phi) is 4.31. The van der Waals surface area contributed by atoms with Crippen molar-refractivity contribution in [2.45, 2.75) is 0 Å². The molecule has 0 aliphatic rings. The van der Waals surface area contributed by atoms with Gasteiger partial charge in [0.15, 0.2) is 5.52 Å². The molecule has 11 nitrogen and oxygen atoms in total. The first-order valence-electron chi connectivity index (χ1n) is 6.14. The lowest BCUT2D eigenvalue weighted by atomic mass is 10.2.